The molecule has 0 saturated carbocycles. The van der Waals surface area contributed by atoms with Crippen LogP contribution in [0, 0.1) is 0 Å². The number of anilines is 2. The molecular weight excluding hydrogens is 284 g/mol. The number of benzene rings is 2. The van der Waals surface area contributed by atoms with Gasteiger partial charge in [0.25, 0.3) is 0 Å². The summed E-state index contributed by atoms with van der Waals surface area (Å²) in [5.41, 5.74) is 4.60. The molecule has 120 valence electrons. The van der Waals surface area contributed by atoms with Gasteiger partial charge in [-0.2, -0.15) is 0 Å². The first kappa shape index (κ1) is 15.6. The Morgan fingerprint density at radius 3 is 2.65 bits per heavy atom. The molecule has 0 aliphatic carbocycles. The van der Waals surface area contributed by atoms with Crippen LogP contribution in [0.15, 0.2) is 48.5 Å². The highest BCUT2D eigenvalue weighted by atomic mass is 16.1. The Labute approximate surface area is 138 Å². The standard InChI is InChI=1S/C20H24N2O/c1-3-18(15-8-6-5-7-9-15)20(23)21-17-11-10-16-12-13-22(4-2)19(16)14-17/h5-11,14,18H,3-4,12-13H2,1-2H3,(H,21,23). The van der Waals surface area contributed by atoms with Crippen molar-refractivity contribution in [2.75, 3.05) is 23.3 Å². The third kappa shape index (κ3) is 3.24. The zero-order valence-electron chi connectivity index (χ0n) is 13.9. The van der Waals surface area contributed by atoms with Gasteiger partial charge < -0.3 is 10.2 Å². The first-order valence-electron chi connectivity index (χ1n) is 8.46. The molecule has 1 amide bonds. The second-order valence-corrected chi connectivity index (χ2v) is 6.03. The monoisotopic (exact) mass is 308 g/mol. The lowest BCUT2D eigenvalue weighted by Gasteiger charge is -2.19. The van der Waals surface area contributed by atoms with Crippen LogP contribution in [-0.2, 0) is 11.2 Å². The van der Waals surface area contributed by atoms with Gasteiger partial charge in [-0.3, -0.25) is 4.79 Å². The van der Waals surface area contributed by atoms with Crippen molar-refractivity contribution < 1.29 is 4.79 Å². The number of carbonyl (C=O) groups is 1. The van der Waals surface area contributed by atoms with Gasteiger partial charge in [-0.05, 0) is 43.0 Å². The first-order valence-corrected chi connectivity index (χ1v) is 8.46. The maximum absolute atomic E-state index is 12.7. The number of nitrogens with zero attached hydrogens (tertiary/aromatic N) is 1. The number of rotatable bonds is 5. The van der Waals surface area contributed by atoms with Gasteiger partial charge in [0.1, 0.15) is 0 Å². The molecule has 0 spiro atoms. The van der Waals surface area contributed by atoms with Crippen LogP contribution in [0.5, 0.6) is 0 Å². The highest BCUT2D eigenvalue weighted by Gasteiger charge is 2.21. The molecule has 0 fully saturated rings. The number of nitrogens with one attached hydrogen (secondary N) is 1. The van der Waals surface area contributed by atoms with Crippen molar-refractivity contribution >= 4 is 17.3 Å². The summed E-state index contributed by atoms with van der Waals surface area (Å²) in [4.78, 5) is 15.0. The summed E-state index contributed by atoms with van der Waals surface area (Å²) >= 11 is 0. The summed E-state index contributed by atoms with van der Waals surface area (Å²) in [6.45, 7) is 6.30. The Kier molecular flexibility index (Phi) is 4.65. The highest BCUT2D eigenvalue weighted by molar-refractivity contribution is 5.96. The van der Waals surface area contributed by atoms with E-state index < -0.39 is 0 Å². The predicted octanol–water partition coefficient (Wildman–Crippen LogP) is 4.20. The van der Waals surface area contributed by atoms with Gasteiger partial charge in [-0.25, -0.2) is 0 Å². The van der Waals surface area contributed by atoms with Gasteiger partial charge in [0.05, 0.1) is 5.92 Å². The van der Waals surface area contributed by atoms with E-state index in [2.05, 4.69) is 36.2 Å². The predicted molar refractivity (Wildman–Crippen MR) is 96.1 cm³/mol. The van der Waals surface area contributed by atoms with E-state index in [9.17, 15) is 4.79 Å². The van der Waals surface area contributed by atoms with Crippen LogP contribution in [0.2, 0.25) is 0 Å². The fourth-order valence-corrected chi connectivity index (χ4v) is 3.34. The average molecular weight is 308 g/mol. The van der Waals surface area contributed by atoms with E-state index in [0.29, 0.717) is 0 Å². The summed E-state index contributed by atoms with van der Waals surface area (Å²) in [5.74, 6) is -0.0357. The molecule has 2 aromatic rings. The number of hydrogen-bond donors (Lipinski definition) is 1. The Balaban J connectivity index is 1.78. The fourth-order valence-electron chi connectivity index (χ4n) is 3.34. The van der Waals surface area contributed by atoms with E-state index in [1.165, 1.54) is 11.3 Å². The second kappa shape index (κ2) is 6.86. The van der Waals surface area contributed by atoms with Crippen LogP contribution in [0.25, 0.3) is 0 Å². The third-order valence-corrected chi connectivity index (χ3v) is 4.65. The van der Waals surface area contributed by atoms with Crippen LogP contribution >= 0.6 is 0 Å². The third-order valence-electron chi connectivity index (χ3n) is 4.65. The topological polar surface area (TPSA) is 32.3 Å². The van der Waals surface area contributed by atoms with Gasteiger partial charge in [-0.1, -0.05) is 43.3 Å². The van der Waals surface area contributed by atoms with Crippen molar-refractivity contribution in [1.29, 1.82) is 0 Å². The molecular formula is C20H24N2O. The molecule has 1 N–H and O–H groups in total. The van der Waals surface area contributed by atoms with E-state index in [-0.39, 0.29) is 11.8 Å². The lowest BCUT2D eigenvalue weighted by atomic mass is 9.95. The quantitative estimate of drug-likeness (QED) is 0.897. The average Bonchev–Trinajstić information content (AvgIpc) is 2.99. The molecule has 0 saturated heterocycles. The van der Waals surface area contributed by atoms with Crippen molar-refractivity contribution in [1.82, 2.24) is 0 Å². The van der Waals surface area contributed by atoms with Gasteiger partial charge in [-0.15, -0.1) is 0 Å². The molecule has 1 unspecified atom stereocenters. The minimum atomic E-state index is -0.105. The highest BCUT2D eigenvalue weighted by Crippen LogP contribution is 2.31. The van der Waals surface area contributed by atoms with E-state index in [0.717, 1.165) is 37.2 Å². The number of carbonyl (C=O) groups excluding carboxylic acids is 1. The van der Waals surface area contributed by atoms with Crippen molar-refractivity contribution in [3.8, 4) is 0 Å². The van der Waals surface area contributed by atoms with Gasteiger partial charge in [0, 0.05) is 24.5 Å². The molecule has 3 nitrogen and oxygen atoms in total. The summed E-state index contributed by atoms with van der Waals surface area (Å²) in [5, 5.41) is 3.10. The van der Waals surface area contributed by atoms with Gasteiger partial charge in [0.15, 0.2) is 0 Å². The fraction of sp³-hybridized carbons (Fsp3) is 0.350. The Morgan fingerprint density at radius 1 is 1.17 bits per heavy atom. The first-order chi connectivity index (χ1) is 11.2. The molecule has 3 rings (SSSR count). The molecule has 1 heterocycles. The lowest BCUT2D eigenvalue weighted by molar-refractivity contribution is -0.117. The number of likely N-dealkylation sites (N-methyl/N-ethyl adjacent to an activating group) is 1. The van der Waals surface area contributed by atoms with Crippen LogP contribution in [0.1, 0.15) is 37.3 Å². The Bertz CT molecular complexity index is 681. The molecule has 2 aromatic carbocycles. The van der Waals surface area contributed by atoms with Gasteiger partial charge in [0.2, 0.25) is 5.91 Å². The van der Waals surface area contributed by atoms with Crippen LogP contribution in [0.4, 0.5) is 11.4 Å². The largest absolute Gasteiger partial charge is 0.371 e. The van der Waals surface area contributed by atoms with Crippen molar-refractivity contribution in [2.45, 2.75) is 32.6 Å². The maximum Gasteiger partial charge on any atom is 0.231 e. The second-order valence-electron chi connectivity index (χ2n) is 6.03. The number of amides is 1. The van der Waals surface area contributed by atoms with Crippen LogP contribution in [0.3, 0.4) is 0 Å². The van der Waals surface area contributed by atoms with Crippen molar-refractivity contribution in [3.63, 3.8) is 0 Å². The maximum atomic E-state index is 12.7. The van der Waals surface area contributed by atoms with Crippen molar-refractivity contribution in [3.05, 3.63) is 59.7 Å². The van der Waals surface area contributed by atoms with Gasteiger partial charge >= 0.3 is 0 Å². The summed E-state index contributed by atoms with van der Waals surface area (Å²) in [6.07, 6.45) is 1.89. The molecule has 23 heavy (non-hydrogen) atoms. The summed E-state index contributed by atoms with van der Waals surface area (Å²) < 4.78 is 0. The molecule has 0 aromatic heterocycles. The summed E-state index contributed by atoms with van der Waals surface area (Å²) in [7, 11) is 0. The molecule has 3 heteroatoms. The zero-order chi connectivity index (χ0) is 16.2. The number of fused-ring (bicyclic) bond motifs is 1. The summed E-state index contributed by atoms with van der Waals surface area (Å²) in [6, 6.07) is 16.3. The number of hydrogen-bond acceptors (Lipinski definition) is 2. The smallest absolute Gasteiger partial charge is 0.231 e. The normalized spacial score (nSPS) is 14.4. The lowest BCUT2D eigenvalue weighted by Crippen LogP contribution is -2.21. The molecule has 1 atom stereocenters. The Morgan fingerprint density at radius 2 is 1.96 bits per heavy atom. The van der Waals surface area contributed by atoms with E-state index in [1.54, 1.807) is 0 Å². The van der Waals surface area contributed by atoms with E-state index >= 15 is 0 Å². The van der Waals surface area contributed by atoms with E-state index in [4.69, 9.17) is 0 Å². The molecule has 0 bridgehead atoms. The SMILES string of the molecule is CCC(C(=O)Nc1ccc2c(c1)N(CC)CC2)c1ccccc1. The van der Waals surface area contributed by atoms with Crippen LogP contribution in [-0.4, -0.2) is 19.0 Å². The minimum Gasteiger partial charge on any atom is -0.371 e. The van der Waals surface area contributed by atoms with E-state index in [1.807, 2.05) is 36.4 Å². The molecule has 0 radical (unpaired) electrons. The molecule has 1 aliphatic heterocycles. The Hall–Kier alpha value is -2.29. The zero-order valence-corrected chi connectivity index (χ0v) is 13.9. The van der Waals surface area contributed by atoms with Crippen LogP contribution < -0.4 is 10.2 Å². The molecule has 1 aliphatic rings. The van der Waals surface area contributed by atoms with Crippen molar-refractivity contribution in [2.24, 2.45) is 0 Å². The minimum absolute atomic E-state index is 0.0692.